The van der Waals surface area contributed by atoms with Gasteiger partial charge < -0.3 is 5.11 Å². The second-order valence-corrected chi connectivity index (χ2v) is 3.86. The van der Waals surface area contributed by atoms with Gasteiger partial charge in [0.1, 0.15) is 0 Å². The maximum absolute atomic E-state index is 12.0. The molecule has 0 amide bonds. The minimum Gasteiger partial charge on any atom is -0.395 e. The first-order valence-electron chi connectivity index (χ1n) is 4.84. The zero-order chi connectivity index (χ0) is 10.0. The molecule has 3 heteroatoms. The molecule has 1 aliphatic rings. The molecule has 0 aliphatic heterocycles. The molecule has 1 saturated carbocycles. The molecule has 0 unspecified atom stereocenters. The minimum atomic E-state index is -0.497. The Kier molecular flexibility index (Phi) is 2.33. The summed E-state index contributed by atoms with van der Waals surface area (Å²) in [5, 5.41) is 9.23. The van der Waals surface area contributed by atoms with Crippen LogP contribution in [-0.4, -0.2) is 22.5 Å². The van der Waals surface area contributed by atoms with E-state index in [0.717, 1.165) is 19.3 Å². The van der Waals surface area contributed by atoms with Crippen LogP contribution >= 0.6 is 0 Å². The number of ketones is 1. The van der Waals surface area contributed by atoms with Crippen molar-refractivity contribution in [1.82, 2.24) is 4.98 Å². The Balaban J connectivity index is 2.23. The number of hydrogen-bond acceptors (Lipinski definition) is 3. The average Bonchev–Trinajstić information content (AvgIpc) is 2.18. The van der Waals surface area contributed by atoms with E-state index in [1.165, 1.54) is 0 Å². The molecule has 1 fully saturated rings. The molecule has 1 aromatic heterocycles. The molecule has 0 aromatic carbocycles. The summed E-state index contributed by atoms with van der Waals surface area (Å²) in [5.41, 5.74) is 0.115. The normalized spacial score (nSPS) is 18.6. The molecule has 1 heterocycles. The molecule has 0 saturated heterocycles. The van der Waals surface area contributed by atoms with E-state index in [0.29, 0.717) is 5.56 Å². The van der Waals surface area contributed by atoms with Crippen molar-refractivity contribution in [3.05, 3.63) is 30.1 Å². The minimum absolute atomic E-state index is 0.0409. The molecule has 2 rings (SSSR count). The molecule has 0 spiro atoms. The Morgan fingerprint density at radius 3 is 2.79 bits per heavy atom. The Hall–Kier alpha value is -1.22. The third kappa shape index (κ3) is 1.34. The third-order valence-corrected chi connectivity index (χ3v) is 3.02. The van der Waals surface area contributed by atoms with E-state index in [4.69, 9.17) is 0 Å². The molecule has 0 radical (unpaired) electrons. The highest BCUT2D eigenvalue weighted by Crippen LogP contribution is 2.42. The van der Waals surface area contributed by atoms with E-state index >= 15 is 0 Å². The van der Waals surface area contributed by atoms with Gasteiger partial charge in [-0.1, -0.05) is 6.42 Å². The van der Waals surface area contributed by atoms with Crippen LogP contribution in [-0.2, 0) is 0 Å². The van der Waals surface area contributed by atoms with Crippen LogP contribution in [0.4, 0.5) is 0 Å². The lowest BCUT2D eigenvalue weighted by Gasteiger charge is -2.38. The number of aromatic nitrogens is 1. The zero-order valence-electron chi connectivity index (χ0n) is 7.94. The molecule has 74 valence electrons. The van der Waals surface area contributed by atoms with Crippen molar-refractivity contribution < 1.29 is 9.90 Å². The molecule has 0 bridgehead atoms. The van der Waals surface area contributed by atoms with Crippen LogP contribution in [0.25, 0.3) is 0 Å². The van der Waals surface area contributed by atoms with E-state index in [2.05, 4.69) is 4.98 Å². The summed E-state index contributed by atoms with van der Waals surface area (Å²) in [7, 11) is 0. The van der Waals surface area contributed by atoms with Gasteiger partial charge in [0.15, 0.2) is 5.78 Å². The van der Waals surface area contributed by atoms with Gasteiger partial charge in [-0.05, 0) is 25.0 Å². The average molecular weight is 191 g/mol. The number of Topliss-reactive ketones (excluding diaryl/α,β-unsaturated/α-hetero) is 1. The summed E-state index contributed by atoms with van der Waals surface area (Å²) >= 11 is 0. The number of aliphatic hydroxyl groups is 1. The second kappa shape index (κ2) is 3.50. The molecular formula is C11H13NO2. The monoisotopic (exact) mass is 191 g/mol. The van der Waals surface area contributed by atoms with Gasteiger partial charge in [-0.25, -0.2) is 0 Å². The fourth-order valence-corrected chi connectivity index (χ4v) is 1.86. The Morgan fingerprint density at radius 1 is 1.57 bits per heavy atom. The van der Waals surface area contributed by atoms with Gasteiger partial charge in [0.05, 0.1) is 12.0 Å². The van der Waals surface area contributed by atoms with Crippen molar-refractivity contribution >= 4 is 5.78 Å². The highest BCUT2D eigenvalue weighted by Gasteiger charge is 2.43. The van der Waals surface area contributed by atoms with Gasteiger partial charge in [-0.15, -0.1) is 0 Å². The van der Waals surface area contributed by atoms with E-state index in [1.807, 2.05) is 0 Å². The van der Waals surface area contributed by atoms with Gasteiger partial charge in [-0.3, -0.25) is 9.78 Å². The summed E-state index contributed by atoms with van der Waals surface area (Å²) in [5.74, 6) is 0.0411. The van der Waals surface area contributed by atoms with Crippen molar-refractivity contribution in [2.24, 2.45) is 5.41 Å². The third-order valence-electron chi connectivity index (χ3n) is 3.02. The number of aliphatic hydroxyl groups excluding tert-OH is 1. The largest absolute Gasteiger partial charge is 0.395 e. The predicted molar refractivity (Wildman–Crippen MR) is 51.9 cm³/mol. The number of carbonyl (C=O) groups is 1. The number of carbonyl (C=O) groups excluding carboxylic acids is 1. The number of rotatable bonds is 3. The van der Waals surface area contributed by atoms with E-state index in [1.54, 1.807) is 24.5 Å². The summed E-state index contributed by atoms with van der Waals surface area (Å²) in [6, 6.07) is 3.50. The molecule has 1 aromatic rings. The lowest BCUT2D eigenvalue weighted by molar-refractivity contribution is 0.0347. The predicted octanol–water partition coefficient (Wildman–Crippen LogP) is 1.43. The Bertz CT molecular complexity index is 325. The molecule has 0 atom stereocenters. The van der Waals surface area contributed by atoms with Gasteiger partial charge in [0.25, 0.3) is 0 Å². The van der Waals surface area contributed by atoms with Crippen molar-refractivity contribution in [2.45, 2.75) is 19.3 Å². The fourth-order valence-electron chi connectivity index (χ4n) is 1.86. The summed E-state index contributed by atoms with van der Waals surface area (Å²) in [6.45, 7) is -0.0409. The van der Waals surface area contributed by atoms with Gasteiger partial charge in [0.2, 0.25) is 0 Å². The van der Waals surface area contributed by atoms with Crippen LogP contribution in [0, 0.1) is 5.41 Å². The maximum atomic E-state index is 12.0. The van der Waals surface area contributed by atoms with Crippen molar-refractivity contribution in [3.8, 4) is 0 Å². The first kappa shape index (κ1) is 9.34. The molecule has 1 N–H and O–H groups in total. The van der Waals surface area contributed by atoms with E-state index < -0.39 is 5.41 Å². The molecule has 14 heavy (non-hydrogen) atoms. The lowest BCUT2D eigenvalue weighted by atomic mass is 9.65. The summed E-state index contributed by atoms with van der Waals surface area (Å²) < 4.78 is 0. The smallest absolute Gasteiger partial charge is 0.172 e. The Morgan fingerprint density at radius 2 is 2.36 bits per heavy atom. The highest BCUT2D eigenvalue weighted by molar-refractivity contribution is 6.00. The lowest BCUT2D eigenvalue weighted by Crippen LogP contribution is -2.41. The quantitative estimate of drug-likeness (QED) is 0.735. The van der Waals surface area contributed by atoms with Crippen LogP contribution in [0.15, 0.2) is 24.5 Å². The Labute approximate surface area is 82.8 Å². The zero-order valence-corrected chi connectivity index (χ0v) is 7.94. The fraction of sp³-hybridized carbons (Fsp3) is 0.455. The van der Waals surface area contributed by atoms with Crippen LogP contribution < -0.4 is 0 Å². The van der Waals surface area contributed by atoms with Crippen LogP contribution in [0.5, 0.6) is 0 Å². The summed E-state index contributed by atoms with van der Waals surface area (Å²) in [4.78, 5) is 15.9. The first-order chi connectivity index (χ1) is 6.78. The second-order valence-electron chi connectivity index (χ2n) is 3.86. The molecule has 1 aliphatic carbocycles. The number of pyridine rings is 1. The van der Waals surface area contributed by atoms with Gasteiger partial charge >= 0.3 is 0 Å². The maximum Gasteiger partial charge on any atom is 0.172 e. The van der Waals surface area contributed by atoms with Crippen molar-refractivity contribution in [1.29, 1.82) is 0 Å². The first-order valence-corrected chi connectivity index (χ1v) is 4.84. The standard InChI is InChI=1S/C11H13NO2/c13-8-11(4-2-5-11)10(14)9-3-1-6-12-7-9/h1,3,6-7,13H,2,4-5,8H2. The van der Waals surface area contributed by atoms with Crippen LogP contribution in [0.1, 0.15) is 29.6 Å². The van der Waals surface area contributed by atoms with Crippen molar-refractivity contribution in [3.63, 3.8) is 0 Å². The molecular weight excluding hydrogens is 178 g/mol. The van der Waals surface area contributed by atoms with Gasteiger partial charge in [-0.2, -0.15) is 0 Å². The SMILES string of the molecule is O=C(c1cccnc1)C1(CO)CCC1. The van der Waals surface area contributed by atoms with Crippen LogP contribution in [0.3, 0.4) is 0 Å². The topological polar surface area (TPSA) is 50.2 Å². The van der Waals surface area contributed by atoms with E-state index in [9.17, 15) is 9.90 Å². The van der Waals surface area contributed by atoms with Crippen molar-refractivity contribution in [2.75, 3.05) is 6.61 Å². The highest BCUT2D eigenvalue weighted by atomic mass is 16.3. The number of nitrogens with zero attached hydrogens (tertiary/aromatic N) is 1. The van der Waals surface area contributed by atoms with Crippen LogP contribution in [0.2, 0.25) is 0 Å². The van der Waals surface area contributed by atoms with Gasteiger partial charge in [0, 0.05) is 18.0 Å². The van der Waals surface area contributed by atoms with E-state index in [-0.39, 0.29) is 12.4 Å². The summed E-state index contributed by atoms with van der Waals surface area (Å²) in [6.07, 6.45) is 5.85. The number of hydrogen-bond donors (Lipinski definition) is 1. The molecule has 3 nitrogen and oxygen atoms in total.